The highest BCUT2D eigenvalue weighted by Crippen LogP contribution is 1.99. The van der Waals surface area contributed by atoms with Crippen LogP contribution in [0.4, 0.5) is 4.79 Å². The molecule has 0 saturated heterocycles. The van der Waals surface area contributed by atoms with Crippen molar-refractivity contribution in [3.05, 3.63) is 0 Å². The second kappa shape index (κ2) is 5.32. The van der Waals surface area contributed by atoms with Gasteiger partial charge >= 0.3 is 6.09 Å². The van der Waals surface area contributed by atoms with Crippen LogP contribution < -0.4 is 5.32 Å². The molecule has 0 radical (unpaired) electrons. The molecule has 0 aliphatic heterocycles. The van der Waals surface area contributed by atoms with E-state index in [0.29, 0.717) is 0 Å². The summed E-state index contributed by atoms with van der Waals surface area (Å²) in [5.41, 5.74) is -0.419. The lowest BCUT2D eigenvalue weighted by Crippen LogP contribution is -2.41. The quantitative estimate of drug-likeness (QED) is 0.438. The van der Waals surface area contributed by atoms with Crippen LogP contribution in [0.5, 0.6) is 0 Å². The van der Waals surface area contributed by atoms with Crippen LogP contribution in [0.2, 0.25) is 0 Å². The molecule has 0 aromatic rings. The molecule has 0 aromatic carbocycles. The number of carbonyl (C=O) groups is 1. The van der Waals surface area contributed by atoms with Crippen LogP contribution in [0.3, 0.4) is 0 Å². The Morgan fingerprint density at radius 1 is 1.33 bits per heavy atom. The highest BCUT2D eigenvalue weighted by Gasteiger charge is 2.15. The molecular weight excluding hydrogens is 222 g/mol. The van der Waals surface area contributed by atoms with Crippen molar-refractivity contribution < 1.29 is 23.0 Å². The molecule has 0 aliphatic rings. The van der Waals surface area contributed by atoms with E-state index >= 15 is 0 Å². The summed E-state index contributed by atoms with van der Waals surface area (Å²) < 4.78 is 21.3. The van der Waals surface area contributed by atoms with E-state index in [-0.39, 0.29) is 12.4 Å². The third-order valence-corrected chi connectivity index (χ3v) is 2.06. The molecule has 0 rings (SSSR count). The lowest BCUT2D eigenvalue weighted by Gasteiger charge is -2.18. The molecule has 0 spiro atoms. The summed E-state index contributed by atoms with van der Waals surface area (Å²) >= 11 is 0. The van der Waals surface area contributed by atoms with Crippen LogP contribution in [0.1, 0.15) is 20.8 Å². The predicted molar refractivity (Wildman–Crippen MR) is 55.0 cm³/mol. The number of carbonyl (C=O) groups excluding carboxylic acids is 1. The average molecular weight is 239 g/mol. The van der Waals surface area contributed by atoms with Crippen molar-refractivity contribution in [3.8, 4) is 0 Å². The molecule has 1 amide bonds. The van der Waals surface area contributed by atoms with Crippen molar-refractivity contribution in [2.24, 2.45) is 0 Å². The van der Waals surface area contributed by atoms with E-state index in [4.69, 9.17) is 0 Å². The Bertz CT molecular complexity index is 303. The minimum atomic E-state index is -3.09. The van der Waals surface area contributed by atoms with E-state index in [1.807, 2.05) is 0 Å². The fraction of sp³-hybridized carbons (Fsp3) is 0.875. The minimum Gasteiger partial charge on any atom is -0.315 e. The summed E-state index contributed by atoms with van der Waals surface area (Å²) in [6.07, 6.45) is 0.335. The summed E-state index contributed by atoms with van der Waals surface area (Å²) in [7, 11) is -3.09. The fourth-order valence-corrected chi connectivity index (χ4v) is 0.978. The van der Waals surface area contributed by atoms with Gasteiger partial charge in [-0.15, -0.1) is 0 Å². The zero-order valence-corrected chi connectivity index (χ0v) is 10.2. The van der Waals surface area contributed by atoms with Gasteiger partial charge < -0.3 is 5.32 Å². The van der Waals surface area contributed by atoms with E-state index in [9.17, 15) is 13.2 Å². The summed E-state index contributed by atoms with van der Waals surface area (Å²) in [4.78, 5) is 19.7. The van der Waals surface area contributed by atoms with E-state index in [1.54, 1.807) is 20.8 Å². The second-order valence-electron chi connectivity index (χ2n) is 4.20. The standard InChI is InChI=1S/C8H17NO5S/c1-8(2,3)9-7(10)14-13-5-6-15(4,11)12/h5-6H2,1-4H3,(H,9,10). The van der Waals surface area contributed by atoms with Crippen LogP contribution in [0.15, 0.2) is 0 Å². The zero-order valence-electron chi connectivity index (χ0n) is 9.36. The monoisotopic (exact) mass is 239 g/mol. The topological polar surface area (TPSA) is 81.7 Å². The highest BCUT2D eigenvalue weighted by molar-refractivity contribution is 7.90. The summed E-state index contributed by atoms with van der Waals surface area (Å²) in [6, 6.07) is 0. The number of hydrogen-bond donors (Lipinski definition) is 1. The van der Waals surface area contributed by atoms with Gasteiger partial charge in [0.1, 0.15) is 16.4 Å². The van der Waals surface area contributed by atoms with Gasteiger partial charge in [-0.1, -0.05) is 0 Å². The maximum absolute atomic E-state index is 11.0. The van der Waals surface area contributed by atoms with Gasteiger partial charge in [-0.05, 0) is 20.8 Å². The number of amides is 1. The maximum atomic E-state index is 11.0. The Kier molecular flexibility index (Phi) is 5.02. The van der Waals surface area contributed by atoms with E-state index in [0.717, 1.165) is 6.26 Å². The van der Waals surface area contributed by atoms with Crippen molar-refractivity contribution in [2.45, 2.75) is 26.3 Å². The van der Waals surface area contributed by atoms with E-state index in [2.05, 4.69) is 15.1 Å². The first kappa shape index (κ1) is 14.2. The molecule has 0 saturated carbocycles. The Balaban J connectivity index is 3.66. The fourth-order valence-electron chi connectivity index (χ4n) is 0.608. The molecule has 6 nitrogen and oxygen atoms in total. The molecular formula is C8H17NO5S. The largest absolute Gasteiger partial charge is 0.439 e. The molecule has 1 N–H and O–H groups in total. The first-order valence-corrected chi connectivity index (χ1v) is 6.45. The molecule has 15 heavy (non-hydrogen) atoms. The van der Waals surface area contributed by atoms with Crippen molar-refractivity contribution >= 4 is 15.9 Å². The van der Waals surface area contributed by atoms with Crippen molar-refractivity contribution in [2.75, 3.05) is 18.6 Å². The zero-order chi connectivity index (χ0) is 12.1. The van der Waals surface area contributed by atoms with Gasteiger partial charge in [0.05, 0.1) is 5.75 Å². The Morgan fingerprint density at radius 2 is 1.87 bits per heavy atom. The maximum Gasteiger partial charge on any atom is 0.439 e. The Hall–Kier alpha value is -0.820. The van der Waals surface area contributed by atoms with Gasteiger partial charge in [0.15, 0.2) is 0 Å². The molecule has 0 bridgehead atoms. The van der Waals surface area contributed by atoms with Gasteiger partial charge in [0, 0.05) is 11.8 Å². The van der Waals surface area contributed by atoms with Gasteiger partial charge in [-0.2, -0.15) is 4.89 Å². The Morgan fingerprint density at radius 3 is 2.27 bits per heavy atom. The summed E-state index contributed by atoms with van der Waals surface area (Å²) in [5.74, 6) is -0.185. The lowest BCUT2D eigenvalue weighted by atomic mass is 10.1. The summed E-state index contributed by atoms with van der Waals surface area (Å²) in [5, 5.41) is 2.48. The average Bonchev–Trinajstić information content (AvgIpc) is 1.92. The Labute approximate surface area is 89.8 Å². The molecule has 0 fully saturated rings. The van der Waals surface area contributed by atoms with Crippen molar-refractivity contribution in [1.82, 2.24) is 5.32 Å². The predicted octanol–water partition coefficient (Wildman–Crippen LogP) is 0.487. The van der Waals surface area contributed by atoms with E-state index < -0.39 is 21.5 Å². The normalized spacial score (nSPS) is 12.3. The molecule has 90 valence electrons. The molecule has 0 aromatic heterocycles. The van der Waals surface area contributed by atoms with Crippen molar-refractivity contribution in [1.29, 1.82) is 0 Å². The highest BCUT2D eigenvalue weighted by atomic mass is 32.2. The number of nitrogens with one attached hydrogen (secondary N) is 1. The number of rotatable bonds is 4. The van der Waals surface area contributed by atoms with Crippen LogP contribution in [0.25, 0.3) is 0 Å². The smallest absolute Gasteiger partial charge is 0.315 e. The second-order valence-corrected chi connectivity index (χ2v) is 6.46. The molecule has 0 aliphatic carbocycles. The molecule has 0 heterocycles. The first-order chi connectivity index (χ1) is 6.60. The van der Waals surface area contributed by atoms with Crippen LogP contribution in [-0.4, -0.2) is 38.7 Å². The number of sulfone groups is 1. The lowest BCUT2D eigenvalue weighted by molar-refractivity contribution is -0.234. The molecule has 7 heteroatoms. The minimum absolute atomic E-state index is 0.170. The SMILES string of the molecule is CC(C)(C)NC(=O)OOCCS(C)(=O)=O. The number of hydrogen-bond acceptors (Lipinski definition) is 5. The molecule has 0 unspecified atom stereocenters. The van der Waals surface area contributed by atoms with Crippen LogP contribution in [0, 0.1) is 0 Å². The summed E-state index contributed by atoms with van der Waals surface area (Å²) in [6.45, 7) is 5.18. The van der Waals surface area contributed by atoms with Gasteiger partial charge in [0.2, 0.25) is 0 Å². The van der Waals surface area contributed by atoms with Gasteiger partial charge in [0.25, 0.3) is 0 Å². The van der Waals surface area contributed by atoms with Crippen LogP contribution >= 0.6 is 0 Å². The third kappa shape index (κ3) is 11.1. The molecule has 0 atom stereocenters. The van der Waals surface area contributed by atoms with Gasteiger partial charge in [-0.25, -0.2) is 13.2 Å². The van der Waals surface area contributed by atoms with Crippen molar-refractivity contribution in [3.63, 3.8) is 0 Å². The van der Waals surface area contributed by atoms with Gasteiger partial charge in [-0.3, -0.25) is 4.89 Å². The third-order valence-electron chi connectivity index (χ3n) is 1.15. The van der Waals surface area contributed by atoms with E-state index in [1.165, 1.54) is 0 Å². The van der Waals surface area contributed by atoms with Crippen LogP contribution in [-0.2, 0) is 19.6 Å². The first-order valence-electron chi connectivity index (χ1n) is 4.39.